The second-order valence-corrected chi connectivity index (χ2v) is 5.79. The molecule has 3 heteroatoms. The van der Waals surface area contributed by atoms with Crippen molar-refractivity contribution < 1.29 is 0 Å². The normalized spacial score (nSPS) is 12.4. The number of rotatable bonds is 8. The van der Waals surface area contributed by atoms with Crippen molar-refractivity contribution in [3.63, 3.8) is 0 Å². The van der Waals surface area contributed by atoms with Gasteiger partial charge in [-0.1, -0.05) is 19.1 Å². The van der Waals surface area contributed by atoms with Gasteiger partial charge in [0.15, 0.2) is 0 Å². The fourth-order valence-electron chi connectivity index (χ4n) is 1.92. The van der Waals surface area contributed by atoms with E-state index in [4.69, 9.17) is 0 Å². The number of hydrogen-bond donors (Lipinski definition) is 1. The van der Waals surface area contributed by atoms with Gasteiger partial charge in [-0.15, -0.1) is 0 Å². The number of thioether (sulfide) groups is 1. The van der Waals surface area contributed by atoms with E-state index in [9.17, 15) is 0 Å². The number of nitrogens with zero attached hydrogens (tertiary/aromatic N) is 1. The Kier molecular flexibility index (Phi) is 7.21. The largest absolute Gasteiger partial charge is 0.372 e. The third kappa shape index (κ3) is 4.91. The van der Waals surface area contributed by atoms with Crippen LogP contribution in [0.2, 0.25) is 0 Å². The van der Waals surface area contributed by atoms with E-state index in [2.05, 4.69) is 61.5 Å². The van der Waals surface area contributed by atoms with Gasteiger partial charge in [0.2, 0.25) is 0 Å². The SMILES string of the molecule is CCN(CC)c1ccc(CNCC(C)SC)cc1. The molecule has 0 aliphatic rings. The Balaban J connectivity index is 2.45. The van der Waals surface area contributed by atoms with E-state index >= 15 is 0 Å². The predicted molar refractivity (Wildman–Crippen MR) is 84.7 cm³/mol. The Morgan fingerprint density at radius 3 is 2.28 bits per heavy atom. The Morgan fingerprint density at radius 1 is 1.17 bits per heavy atom. The Hall–Kier alpha value is -0.670. The number of anilines is 1. The smallest absolute Gasteiger partial charge is 0.0366 e. The minimum atomic E-state index is 0.681. The lowest BCUT2D eigenvalue weighted by atomic mass is 10.2. The van der Waals surface area contributed by atoms with Crippen LogP contribution in [0.4, 0.5) is 5.69 Å². The molecule has 0 radical (unpaired) electrons. The molecule has 0 saturated carbocycles. The summed E-state index contributed by atoms with van der Waals surface area (Å²) >= 11 is 1.90. The van der Waals surface area contributed by atoms with E-state index in [1.165, 1.54) is 11.3 Å². The van der Waals surface area contributed by atoms with Gasteiger partial charge in [-0.2, -0.15) is 11.8 Å². The van der Waals surface area contributed by atoms with Gasteiger partial charge in [0.25, 0.3) is 0 Å². The Labute approximate surface area is 116 Å². The van der Waals surface area contributed by atoms with Crippen LogP contribution in [0.15, 0.2) is 24.3 Å². The van der Waals surface area contributed by atoms with Crippen LogP contribution < -0.4 is 10.2 Å². The van der Waals surface area contributed by atoms with Gasteiger partial charge in [-0.25, -0.2) is 0 Å². The van der Waals surface area contributed by atoms with Crippen LogP contribution in [0.5, 0.6) is 0 Å². The van der Waals surface area contributed by atoms with Crippen molar-refractivity contribution in [2.75, 3.05) is 30.8 Å². The van der Waals surface area contributed by atoms with Gasteiger partial charge in [-0.05, 0) is 37.8 Å². The highest BCUT2D eigenvalue weighted by Gasteiger charge is 2.02. The summed E-state index contributed by atoms with van der Waals surface area (Å²) in [5.74, 6) is 0. The lowest BCUT2D eigenvalue weighted by molar-refractivity contribution is 0.684. The zero-order valence-electron chi connectivity index (χ0n) is 12.1. The van der Waals surface area contributed by atoms with E-state index in [0.29, 0.717) is 5.25 Å². The molecule has 0 spiro atoms. The van der Waals surface area contributed by atoms with Gasteiger partial charge in [0, 0.05) is 37.1 Å². The summed E-state index contributed by atoms with van der Waals surface area (Å²) in [7, 11) is 0. The standard InChI is InChI=1S/C15H26N2S/c1-5-17(6-2)15-9-7-14(8-10-15)12-16-11-13(3)18-4/h7-10,13,16H,5-6,11-12H2,1-4H3. The Morgan fingerprint density at radius 2 is 1.78 bits per heavy atom. The van der Waals surface area contributed by atoms with Gasteiger partial charge < -0.3 is 10.2 Å². The van der Waals surface area contributed by atoms with Crippen molar-refractivity contribution in [2.24, 2.45) is 0 Å². The highest BCUT2D eigenvalue weighted by molar-refractivity contribution is 7.99. The van der Waals surface area contributed by atoms with Crippen LogP contribution in [0.1, 0.15) is 26.3 Å². The van der Waals surface area contributed by atoms with Gasteiger partial charge in [0.05, 0.1) is 0 Å². The van der Waals surface area contributed by atoms with Crippen LogP contribution in [0.3, 0.4) is 0 Å². The number of benzene rings is 1. The molecule has 0 aliphatic carbocycles. The molecule has 0 saturated heterocycles. The summed E-state index contributed by atoms with van der Waals surface area (Å²) in [6, 6.07) is 8.90. The maximum Gasteiger partial charge on any atom is 0.0366 e. The summed E-state index contributed by atoms with van der Waals surface area (Å²) in [5, 5.41) is 4.18. The lowest BCUT2D eigenvalue weighted by Gasteiger charge is -2.21. The Bertz CT molecular complexity index is 320. The number of nitrogens with one attached hydrogen (secondary N) is 1. The molecule has 1 rings (SSSR count). The van der Waals surface area contributed by atoms with Gasteiger partial charge in [0.1, 0.15) is 0 Å². The summed E-state index contributed by atoms with van der Waals surface area (Å²) < 4.78 is 0. The van der Waals surface area contributed by atoms with Crippen LogP contribution >= 0.6 is 11.8 Å². The quantitative estimate of drug-likeness (QED) is 0.776. The van der Waals surface area contributed by atoms with E-state index in [0.717, 1.165) is 26.2 Å². The highest BCUT2D eigenvalue weighted by Crippen LogP contribution is 2.14. The van der Waals surface area contributed by atoms with Crippen LogP contribution in [-0.2, 0) is 6.54 Å². The lowest BCUT2D eigenvalue weighted by Crippen LogP contribution is -2.23. The second-order valence-electron chi connectivity index (χ2n) is 4.52. The highest BCUT2D eigenvalue weighted by atomic mass is 32.2. The second kappa shape index (κ2) is 8.44. The summed E-state index contributed by atoms with van der Waals surface area (Å²) in [4.78, 5) is 2.37. The molecule has 0 aliphatic heterocycles. The van der Waals surface area contributed by atoms with Gasteiger partial charge in [-0.3, -0.25) is 0 Å². The first-order valence-electron chi connectivity index (χ1n) is 6.78. The molecular weight excluding hydrogens is 240 g/mol. The molecule has 1 aromatic rings. The molecule has 0 heterocycles. The van der Waals surface area contributed by atoms with E-state index in [1.807, 2.05) is 11.8 Å². The molecule has 102 valence electrons. The first-order valence-corrected chi connectivity index (χ1v) is 8.07. The predicted octanol–water partition coefficient (Wildman–Crippen LogP) is 3.37. The topological polar surface area (TPSA) is 15.3 Å². The molecule has 0 fully saturated rings. The fraction of sp³-hybridized carbons (Fsp3) is 0.600. The fourth-order valence-corrected chi connectivity index (χ4v) is 2.20. The molecule has 1 N–H and O–H groups in total. The molecule has 0 amide bonds. The molecular formula is C15H26N2S. The van der Waals surface area contributed by atoms with Crippen LogP contribution in [0.25, 0.3) is 0 Å². The molecule has 2 nitrogen and oxygen atoms in total. The minimum absolute atomic E-state index is 0.681. The first-order chi connectivity index (χ1) is 8.71. The number of hydrogen-bond acceptors (Lipinski definition) is 3. The monoisotopic (exact) mass is 266 g/mol. The molecule has 0 aromatic heterocycles. The van der Waals surface area contributed by atoms with Crippen molar-refractivity contribution in [2.45, 2.75) is 32.6 Å². The third-order valence-electron chi connectivity index (χ3n) is 3.23. The maximum atomic E-state index is 3.49. The molecule has 1 unspecified atom stereocenters. The first kappa shape index (κ1) is 15.4. The zero-order valence-corrected chi connectivity index (χ0v) is 12.9. The van der Waals surface area contributed by atoms with Crippen molar-refractivity contribution in [1.29, 1.82) is 0 Å². The van der Waals surface area contributed by atoms with Gasteiger partial charge >= 0.3 is 0 Å². The van der Waals surface area contributed by atoms with E-state index < -0.39 is 0 Å². The zero-order chi connectivity index (χ0) is 13.4. The van der Waals surface area contributed by atoms with Crippen molar-refractivity contribution in [1.82, 2.24) is 5.32 Å². The maximum absolute atomic E-state index is 3.49. The van der Waals surface area contributed by atoms with E-state index in [-0.39, 0.29) is 0 Å². The van der Waals surface area contributed by atoms with E-state index in [1.54, 1.807) is 0 Å². The van der Waals surface area contributed by atoms with Crippen molar-refractivity contribution in [3.05, 3.63) is 29.8 Å². The average molecular weight is 266 g/mol. The minimum Gasteiger partial charge on any atom is -0.372 e. The molecule has 1 atom stereocenters. The molecule has 1 aromatic carbocycles. The molecule has 0 bridgehead atoms. The third-order valence-corrected chi connectivity index (χ3v) is 4.20. The van der Waals surface area contributed by atoms with Crippen molar-refractivity contribution >= 4 is 17.4 Å². The molecule has 18 heavy (non-hydrogen) atoms. The summed E-state index contributed by atoms with van der Waals surface area (Å²) in [6.45, 7) is 10.8. The summed E-state index contributed by atoms with van der Waals surface area (Å²) in [6.07, 6.45) is 2.16. The van der Waals surface area contributed by atoms with Crippen molar-refractivity contribution in [3.8, 4) is 0 Å². The van der Waals surface area contributed by atoms with Crippen LogP contribution in [-0.4, -0.2) is 31.1 Å². The summed E-state index contributed by atoms with van der Waals surface area (Å²) in [5.41, 5.74) is 2.68. The average Bonchev–Trinajstić information content (AvgIpc) is 2.41. The van der Waals surface area contributed by atoms with Crippen LogP contribution in [0, 0.1) is 0 Å².